The molecule has 2 aromatic rings. The van der Waals surface area contributed by atoms with Crippen molar-refractivity contribution in [1.82, 2.24) is 4.98 Å². The summed E-state index contributed by atoms with van der Waals surface area (Å²) in [6, 6.07) is 12.6. The standard InChI is InChI=1S/C18H19N2/c1-18(2)15-8-4-5-9-16(15)20(3)17(18)11-10-14-7-6-12-19-13-14/h4-13H,1-3H3/q+1. The number of hydrogen-bond donors (Lipinski definition) is 0. The molecule has 0 unspecified atom stereocenters. The highest BCUT2D eigenvalue weighted by atomic mass is 15.0. The van der Waals surface area contributed by atoms with Crippen molar-refractivity contribution in [2.45, 2.75) is 19.3 Å². The van der Waals surface area contributed by atoms with E-state index < -0.39 is 0 Å². The SMILES string of the molecule is C[N+]1=C(C=Cc2cccnc2)C(C)(C)c2ccccc21. The van der Waals surface area contributed by atoms with Gasteiger partial charge < -0.3 is 0 Å². The number of aromatic nitrogens is 1. The maximum absolute atomic E-state index is 4.15. The molecule has 0 saturated heterocycles. The Morgan fingerprint density at radius 2 is 1.85 bits per heavy atom. The third-order valence-electron chi connectivity index (χ3n) is 4.06. The Morgan fingerprint density at radius 3 is 2.55 bits per heavy atom. The number of pyridine rings is 1. The molecule has 0 atom stereocenters. The summed E-state index contributed by atoms with van der Waals surface area (Å²) in [4.78, 5) is 4.15. The first-order chi connectivity index (χ1) is 9.60. The van der Waals surface area contributed by atoms with Crippen LogP contribution in [0.1, 0.15) is 25.0 Å². The third-order valence-corrected chi connectivity index (χ3v) is 4.06. The number of benzene rings is 1. The Hall–Kier alpha value is -2.22. The lowest BCUT2D eigenvalue weighted by molar-refractivity contribution is -0.401. The lowest BCUT2D eigenvalue weighted by atomic mass is 9.81. The van der Waals surface area contributed by atoms with E-state index in [0.29, 0.717) is 0 Å². The van der Waals surface area contributed by atoms with Crippen LogP contribution in [0.4, 0.5) is 5.69 Å². The second kappa shape index (κ2) is 4.71. The van der Waals surface area contributed by atoms with Crippen LogP contribution in [0.25, 0.3) is 6.08 Å². The van der Waals surface area contributed by atoms with E-state index in [1.165, 1.54) is 17.0 Å². The van der Waals surface area contributed by atoms with Crippen LogP contribution in [0.5, 0.6) is 0 Å². The summed E-state index contributed by atoms with van der Waals surface area (Å²) in [5, 5.41) is 0. The van der Waals surface area contributed by atoms with Gasteiger partial charge in [0.05, 0.1) is 5.41 Å². The van der Waals surface area contributed by atoms with Crippen molar-refractivity contribution in [2.24, 2.45) is 0 Å². The maximum Gasteiger partial charge on any atom is 0.209 e. The van der Waals surface area contributed by atoms with E-state index >= 15 is 0 Å². The number of fused-ring (bicyclic) bond motifs is 1. The second-order valence-corrected chi connectivity index (χ2v) is 5.71. The van der Waals surface area contributed by atoms with Gasteiger partial charge in [-0.25, -0.2) is 0 Å². The van der Waals surface area contributed by atoms with Gasteiger partial charge in [-0.3, -0.25) is 4.98 Å². The van der Waals surface area contributed by atoms with Gasteiger partial charge in [0.1, 0.15) is 7.05 Å². The quantitative estimate of drug-likeness (QED) is 0.753. The van der Waals surface area contributed by atoms with Crippen LogP contribution in [0.15, 0.2) is 54.9 Å². The second-order valence-electron chi connectivity index (χ2n) is 5.71. The predicted molar refractivity (Wildman–Crippen MR) is 83.6 cm³/mol. The molecule has 1 aliphatic heterocycles. The molecule has 0 amide bonds. The molecule has 20 heavy (non-hydrogen) atoms. The summed E-state index contributed by atoms with van der Waals surface area (Å²) in [7, 11) is 2.14. The van der Waals surface area contributed by atoms with E-state index in [1.54, 1.807) is 6.20 Å². The van der Waals surface area contributed by atoms with Crippen LogP contribution in [0, 0.1) is 0 Å². The van der Waals surface area contributed by atoms with E-state index in [2.05, 4.69) is 72.9 Å². The van der Waals surface area contributed by atoms with Gasteiger partial charge in [-0.1, -0.05) is 24.3 Å². The Labute approximate surface area is 120 Å². The largest absolute Gasteiger partial charge is 0.264 e. The van der Waals surface area contributed by atoms with Crippen molar-refractivity contribution < 1.29 is 4.58 Å². The van der Waals surface area contributed by atoms with Crippen molar-refractivity contribution in [3.63, 3.8) is 0 Å². The highest BCUT2D eigenvalue weighted by Crippen LogP contribution is 2.39. The van der Waals surface area contributed by atoms with Gasteiger partial charge in [0.15, 0.2) is 5.71 Å². The third kappa shape index (κ3) is 1.97. The van der Waals surface area contributed by atoms with Crippen LogP contribution in [0.2, 0.25) is 0 Å². The summed E-state index contributed by atoms with van der Waals surface area (Å²) >= 11 is 0. The molecule has 100 valence electrons. The molecule has 0 saturated carbocycles. The van der Waals surface area contributed by atoms with Crippen LogP contribution in [0.3, 0.4) is 0 Å². The average Bonchev–Trinajstić information content (AvgIpc) is 2.66. The molecule has 1 aromatic heterocycles. The van der Waals surface area contributed by atoms with E-state index in [-0.39, 0.29) is 5.41 Å². The van der Waals surface area contributed by atoms with Gasteiger partial charge in [-0.15, -0.1) is 0 Å². The highest BCUT2D eigenvalue weighted by molar-refractivity contribution is 6.05. The average molecular weight is 263 g/mol. The van der Waals surface area contributed by atoms with Crippen molar-refractivity contribution in [3.8, 4) is 0 Å². The van der Waals surface area contributed by atoms with Crippen molar-refractivity contribution in [2.75, 3.05) is 7.05 Å². The van der Waals surface area contributed by atoms with Gasteiger partial charge >= 0.3 is 0 Å². The minimum atomic E-state index is 0.0318. The molecule has 2 nitrogen and oxygen atoms in total. The molecular weight excluding hydrogens is 244 g/mol. The van der Waals surface area contributed by atoms with Crippen LogP contribution >= 0.6 is 0 Å². The van der Waals surface area contributed by atoms with Crippen LogP contribution in [-0.4, -0.2) is 22.3 Å². The molecule has 0 N–H and O–H groups in total. The van der Waals surface area contributed by atoms with Crippen molar-refractivity contribution >= 4 is 17.5 Å². The minimum Gasteiger partial charge on any atom is -0.264 e. The summed E-state index contributed by atoms with van der Waals surface area (Å²) in [5.74, 6) is 0. The lowest BCUT2D eigenvalue weighted by Gasteiger charge is -2.15. The van der Waals surface area contributed by atoms with Crippen molar-refractivity contribution in [3.05, 3.63) is 66.0 Å². The van der Waals surface area contributed by atoms with Gasteiger partial charge in [0.2, 0.25) is 5.69 Å². The monoisotopic (exact) mass is 263 g/mol. The first kappa shape index (κ1) is 12.8. The Bertz CT molecular complexity index is 694. The number of hydrogen-bond acceptors (Lipinski definition) is 1. The molecule has 3 rings (SSSR count). The zero-order valence-electron chi connectivity index (χ0n) is 12.2. The fraction of sp³-hybridized carbons (Fsp3) is 0.222. The molecule has 1 aliphatic rings. The Morgan fingerprint density at radius 1 is 1.05 bits per heavy atom. The molecule has 0 bridgehead atoms. The number of rotatable bonds is 2. The molecule has 0 aliphatic carbocycles. The Balaban J connectivity index is 2.03. The lowest BCUT2D eigenvalue weighted by Crippen LogP contribution is -2.26. The number of para-hydroxylation sites is 1. The summed E-state index contributed by atoms with van der Waals surface area (Å²) in [5.41, 5.74) is 5.14. The maximum atomic E-state index is 4.15. The first-order valence-corrected chi connectivity index (χ1v) is 6.89. The van der Waals surface area contributed by atoms with Crippen LogP contribution in [-0.2, 0) is 5.41 Å². The van der Waals surface area contributed by atoms with E-state index in [1.807, 2.05) is 12.3 Å². The zero-order chi connectivity index (χ0) is 14.2. The molecule has 0 radical (unpaired) electrons. The molecule has 0 fully saturated rings. The van der Waals surface area contributed by atoms with E-state index in [9.17, 15) is 0 Å². The molecule has 2 heterocycles. The topological polar surface area (TPSA) is 15.9 Å². The molecule has 2 heteroatoms. The van der Waals surface area contributed by atoms with E-state index in [4.69, 9.17) is 0 Å². The fourth-order valence-electron chi connectivity index (χ4n) is 2.95. The normalized spacial score (nSPS) is 16.8. The van der Waals surface area contributed by atoms with E-state index in [0.717, 1.165) is 5.56 Å². The predicted octanol–water partition coefficient (Wildman–Crippen LogP) is 3.80. The summed E-state index contributed by atoms with van der Waals surface area (Å²) in [6.45, 7) is 4.55. The summed E-state index contributed by atoms with van der Waals surface area (Å²) in [6.07, 6.45) is 8.02. The number of allylic oxidation sites excluding steroid dienone is 1. The van der Waals surface area contributed by atoms with Gasteiger partial charge in [-0.2, -0.15) is 4.58 Å². The van der Waals surface area contributed by atoms with Gasteiger partial charge in [0, 0.05) is 30.1 Å². The molecule has 0 spiro atoms. The van der Waals surface area contributed by atoms with Gasteiger partial charge in [-0.05, 0) is 31.6 Å². The van der Waals surface area contributed by atoms with Gasteiger partial charge in [0.25, 0.3) is 0 Å². The first-order valence-electron chi connectivity index (χ1n) is 6.89. The highest BCUT2D eigenvalue weighted by Gasteiger charge is 2.42. The number of nitrogens with zero attached hydrogens (tertiary/aromatic N) is 2. The van der Waals surface area contributed by atoms with Crippen molar-refractivity contribution in [1.29, 1.82) is 0 Å². The van der Waals surface area contributed by atoms with Crippen LogP contribution < -0.4 is 0 Å². The Kier molecular flexibility index (Phi) is 3.01. The fourth-order valence-corrected chi connectivity index (χ4v) is 2.95. The zero-order valence-corrected chi connectivity index (χ0v) is 12.2. The minimum absolute atomic E-state index is 0.0318. The summed E-state index contributed by atoms with van der Waals surface area (Å²) < 4.78 is 2.28. The smallest absolute Gasteiger partial charge is 0.209 e. The molecular formula is C18H19N2+. The molecule has 1 aromatic carbocycles.